The molecule has 0 unspecified atom stereocenters. The molecular weight excluding hydrogens is 320 g/mol. The van der Waals surface area contributed by atoms with Crippen molar-refractivity contribution in [1.29, 1.82) is 0 Å². The molecule has 4 nitrogen and oxygen atoms in total. The molecule has 0 spiro atoms. The topological polar surface area (TPSA) is 50.3 Å². The van der Waals surface area contributed by atoms with E-state index in [2.05, 4.69) is 22.0 Å². The molecule has 24 heavy (non-hydrogen) atoms. The minimum absolute atomic E-state index is 0.00678. The van der Waals surface area contributed by atoms with Crippen LogP contribution in [0.1, 0.15) is 17.7 Å². The van der Waals surface area contributed by atoms with Crippen molar-refractivity contribution >= 4 is 34.6 Å². The Morgan fingerprint density at radius 2 is 1.92 bits per heavy atom. The molecular formula is C19H18N2O2S. The minimum Gasteiger partial charge on any atom is -0.359 e. The van der Waals surface area contributed by atoms with Crippen LogP contribution in [0.2, 0.25) is 0 Å². The van der Waals surface area contributed by atoms with E-state index in [4.69, 9.17) is 0 Å². The maximum Gasteiger partial charge on any atom is 0.201 e. The number of Topliss-reactive ketones (excluding diaryl/α,β-unsaturated/α-hetero) is 1. The Labute approximate surface area is 145 Å². The number of likely N-dealkylation sites (N-methyl/N-ethyl adjacent to an activating group) is 1. The van der Waals surface area contributed by atoms with Gasteiger partial charge in [-0.15, -0.1) is 0 Å². The summed E-state index contributed by atoms with van der Waals surface area (Å²) in [5.41, 5.74) is 1.98. The van der Waals surface area contributed by atoms with E-state index < -0.39 is 0 Å². The zero-order chi connectivity index (χ0) is 16.9. The molecule has 1 fully saturated rings. The fourth-order valence-corrected chi connectivity index (χ4v) is 3.28. The Morgan fingerprint density at radius 1 is 1.12 bits per heavy atom. The number of thioether (sulfide) groups is 1. The first kappa shape index (κ1) is 16.5. The summed E-state index contributed by atoms with van der Waals surface area (Å²) in [6.45, 7) is 0.850. The fourth-order valence-electron chi connectivity index (χ4n) is 2.47. The first-order valence-electron chi connectivity index (χ1n) is 7.79. The van der Waals surface area contributed by atoms with E-state index in [-0.39, 0.29) is 17.3 Å². The van der Waals surface area contributed by atoms with Gasteiger partial charge >= 0.3 is 0 Å². The number of carbonyl (C=O) groups excluding carboxylic acids is 2. The summed E-state index contributed by atoms with van der Waals surface area (Å²) in [5.74, 6) is 0.733. The first-order chi connectivity index (χ1) is 11.6. The molecule has 0 atom stereocenters. The van der Waals surface area contributed by atoms with Crippen LogP contribution in [0.4, 0.5) is 5.82 Å². The van der Waals surface area contributed by atoms with Gasteiger partial charge in [-0.25, -0.2) is 4.98 Å². The summed E-state index contributed by atoms with van der Waals surface area (Å²) in [4.78, 5) is 30.2. The van der Waals surface area contributed by atoms with Crippen molar-refractivity contribution in [3.8, 4) is 0 Å². The van der Waals surface area contributed by atoms with E-state index in [0.29, 0.717) is 10.6 Å². The Bertz CT molecular complexity index is 787. The molecule has 0 aliphatic carbocycles. The van der Waals surface area contributed by atoms with Gasteiger partial charge in [-0.1, -0.05) is 36.4 Å². The van der Waals surface area contributed by atoms with Crippen molar-refractivity contribution in [1.82, 2.24) is 4.98 Å². The molecule has 122 valence electrons. The lowest BCUT2D eigenvalue weighted by Gasteiger charge is -2.18. The third kappa shape index (κ3) is 4.11. The Morgan fingerprint density at radius 3 is 2.62 bits per heavy atom. The summed E-state index contributed by atoms with van der Waals surface area (Å²) in [6, 6.07) is 16.0. The summed E-state index contributed by atoms with van der Waals surface area (Å²) in [7, 11) is 2.00. The lowest BCUT2D eigenvalue weighted by atomic mass is 10.1. The van der Waals surface area contributed by atoms with Crippen molar-refractivity contribution in [3.05, 3.63) is 64.7 Å². The predicted octanol–water partition coefficient (Wildman–Crippen LogP) is 3.33. The summed E-state index contributed by atoms with van der Waals surface area (Å²) >= 11 is 1.01. The van der Waals surface area contributed by atoms with Gasteiger partial charge in [0.15, 0.2) is 5.78 Å². The molecule has 5 heteroatoms. The number of hydrogen-bond acceptors (Lipinski definition) is 5. The fraction of sp³-hybridized carbons (Fsp3) is 0.211. The predicted molar refractivity (Wildman–Crippen MR) is 97.9 cm³/mol. The molecule has 0 saturated carbocycles. The number of aromatic nitrogens is 1. The molecule has 0 radical (unpaired) electrons. The maximum absolute atomic E-state index is 11.7. The van der Waals surface area contributed by atoms with Crippen molar-refractivity contribution in [2.75, 3.05) is 18.5 Å². The highest BCUT2D eigenvalue weighted by molar-refractivity contribution is 8.18. The highest BCUT2D eigenvalue weighted by Crippen LogP contribution is 2.30. The minimum atomic E-state index is -0.116. The van der Waals surface area contributed by atoms with Crippen molar-refractivity contribution < 1.29 is 9.59 Å². The third-order valence-corrected chi connectivity index (χ3v) is 4.75. The van der Waals surface area contributed by atoms with Gasteiger partial charge in [0.05, 0.1) is 17.0 Å². The normalized spacial score (nSPS) is 16.0. The average Bonchev–Trinajstić information content (AvgIpc) is 2.91. The zero-order valence-corrected chi connectivity index (χ0v) is 14.3. The number of rotatable bonds is 5. The monoisotopic (exact) mass is 338 g/mol. The lowest BCUT2D eigenvalue weighted by Crippen LogP contribution is -2.21. The van der Waals surface area contributed by atoms with Gasteiger partial charge in [-0.2, -0.15) is 0 Å². The van der Waals surface area contributed by atoms with Gasteiger partial charge in [-0.3, -0.25) is 9.59 Å². The number of ketones is 1. The maximum atomic E-state index is 11.7. The van der Waals surface area contributed by atoms with Crippen LogP contribution in [-0.4, -0.2) is 29.5 Å². The third-order valence-electron chi connectivity index (χ3n) is 3.81. The van der Waals surface area contributed by atoms with Crippen LogP contribution < -0.4 is 4.90 Å². The zero-order valence-electron chi connectivity index (χ0n) is 13.4. The molecule has 1 aromatic carbocycles. The summed E-state index contributed by atoms with van der Waals surface area (Å²) < 4.78 is 0. The smallest absolute Gasteiger partial charge is 0.201 e. The second-order valence-corrected chi connectivity index (χ2v) is 6.76. The molecule has 1 aliphatic heterocycles. The standard InChI is InChI=1S/C19H18N2O2S/c1-21(11-10-14-6-3-2-4-7-14)18-9-5-8-15(20-18)12-17-16(22)13-19(23)24-17/h2-9,12H,10-11,13H2,1H3/b17-12-. The summed E-state index contributed by atoms with van der Waals surface area (Å²) in [6.07, 6.45) is 2.63. The first-order valence-corrected chi connectivity index (χ1v) is 8.61. The molecule has 1 aromatic heterocycles. The molecule has 0 N–H and O–H groups in total. The molecule has 3 rings (SSSR count). The summed E-state index contributed by atoms with van der Waals surface area (Å²) in [5, 5.41) is -0.0950. The van der Waals surface area contributed by atoms with Crippen LogP contribution in [0.25, 0.3) is 6.08 Å². The van der Waals surface area contributed by atoms with Crippen molar-refractivity contribution in [2.24, 2.45) is 0 Å². The quantitative estimate of drug-likeness (QED) is 0.618. The number of hydrogen-bond donors (Lipinski definition) is 0. The van der Waals surface area contributed by atoms with Crippen LogP contribution in [0.5, 0.6) is 0 Å². The molecule has 2 aromatic rings. The SMILES string of the molecule is CN(CCc1ccccc1)c1cccc(/C=C2\SC(=O)CC2=O)n1. The second-order valence-electron chi connectivity index (χ2n) is 5.66. The van der Waals surface area contributed by atoms with Crippen molar-refractivity contribution in [2.45, 2.75) is 12.8 Å². The lowest BCUT2D eigenvalue weighted by molar-refractivity contribution is -0.119. The average molecular weight is 338 g/mol. The van der Waals surface area contributed by atoms with Crippen LogP contribution >= 0.6 is 11.8 Å². The molecule has 2 heterocycles. The van der Waals surface area contributed by atoms with E-state index >= 15 is 0 Å². The Kier molecular flexibility index (Phi) is 5.11. The van der Waals surface area contributed by atoms with E-state index in [1.807, 2.05) is 43.4 Å². The number of pyridine rings is 1. The van der Waals surface area contributed by atoms with E-state index in [1.165, 1.54) is 5.56 Å². The van der Waals surface area contributed by atoms with Gasteiger partial charge in [0, 0.05) is 13.6 Å². The molecule has 0 bridgehead atoms. The van der Waals surface area contributed by atoms with Crippen molar-refractivity contribution in [3.63, 3.8) is 0 Å². The highest BCUT2D eigenvalue weighted by atomic mass is 32.2. The van der Waals surface area contributed by atoms with E-state index in [9.17, 15) is 9.59 Å². The van der Waals surface area contributed by atoms with Gasteiger partial charge in [0.1, 0.15) is 5.82 Å². The molecule has 1 aliphatic rings. The molecule has 0 amide bonds. The van der Waals surface area contributed by atoms with E-state index in [0.717, 1.165) is 30.5 Å². The number of anilines is 1. The van der Waals surface area contributed by atoms with Gasteiger partial charge in [0.25, 0.3) is 0 Å². The van der Waals surface area contributed by atoms with Crippen LogP contribution in [0.3, 0.4) is 0 Å². The van der Waals surface area contributed by atoms with E-state index in [1.54, 1.807) is 6.08 Å². The van der Waals surface area contributed by atoms with Crippen LogP contribution in [-0.2, 0) is 16.0 Å². The number of carbonyl (C=O) groups is 2. The number of benzene rings is 1. The Hall–Kier alpha value is -2.40. The number of nitrogens with zero attached hydrogens (tertiary/aromatic N) is 2. The van der Waals surface area contributed by atoms with Crippen LogP contribution in [0.15, 0.2) is 53.4 Å². The molecule has 1 saturated heterocycles. The van der Waals surface area contributed by atoms with Gasteiger partial charge < -0.3 is 4.90 Å². The largest absolute Gasteiger partial charge is 0.359 e. The Balaban J connectivity index is 1.69. The van der Waals surface area contributed by atoms with Crippen LogP contribution in [0, 0.1) is 0 Å². The van der Waals surface area contributed by atoms with Gasteiger partial charge in [-0.05, 0) is 42.0 Å². The van der Waals surface area contributed by atoms with Gasteiger partial charge in [0.2, 0.25) is 5.12 Å². The number of allylic oxidation sites excluding steroid dienone is 1. The second kappa shape index (κ2) is 7.45. The highest BCUT2D eigenvalue weighted by Gasteiger charge is 2.25.